The minimum Gasteiger partial charge on any atom is -0.462 e. The highest BCUT2D eigenvalue weighted by molar-refractivity contribution is 5.71. The molecule has 0 aliphatic carbocycles. The highest BCUT2D eigenvalue weighted by Crippen LogP contribution is 2.18. The van der Waals surface area contributed by atoms with E-state index in [0.29, 0.717) is 19.3 Å². The molecule has 0 aromatic rings. The Morgan fingerprint density at radius 1 is 0.296 bits per heavy atom. The van der Waals surface area contributed by atoms with E-state index in [9.17, 15) is 14.4 Å². The normalized spacial score (nSPS) is 12.3. The second-order valence-electron chi connectivity index (χ2n) is 21.0. The lowest BCUT2D eigenvalue weighted by molar-refractivity contribution is -0.167. The van der Waals surface area contributed by atoms with Crippen molar-refractivity contribution < 1.29 is 28.6 Å². The minimum atomic E-state index is -0.770. The summed E-state index contributed by atoms with van der Waals surface area (Å²) in [6, 6.07) is 0. The lowest BCUT2D eigenvalue weighted by Crippen LogP contribution is -2.30. The van der Waals surface area contributed by atoms with E-state index in [1.807, 2.05) is 0 Å². The fraction of sp³-hybridized carbons (Fsp3) is 0.831. The van der Waals surface area contributed by atoms with Gasteiger partial charge in [-0.05, 0) is 57.8 Å². The molecule has 6 nitrogen and oxygen atoms in total. The Kier molecular flexibility index (Phi) is 57.7. The summed E-state index contributed by atoms with van der Waals surface area (Å²) in [6.45, 7) is 6.49. The van der Waals surface area contributed by atoms with Gasteiger partial charge < -0.3 is 14.2 Å². The highest BCUT2D eigenvalue weighted by Gasteiger charge is 2.19. The Hall–Kier alpha value is -2.63. The summed E-state index contributed by atoms with van der Waals surface area (Å²) in [5, 5.41) is 0. The van der Waals surface area contributed by atoms with Crippen LogP contribution in [0.1, 0.15) is 329 Å². The van der Waals surface area contributed by atoms with E-state index in [2.05, 4.69) is 69.4 Å². The van der Waals surface area contributed by atoms with E-state index in [1.54, 1.807) is 0 Å². The van der Waals surface area contributed by atoms with Gasteiger partial charge in [-0.3, -0.25) is 14.4 Å². The average molecular weight is 996 g/mol. The predicted molar refractivity (Wildman–Crippen MR) is 307 cm³/mol. The molecule has 1 atom stereocenters. The van der Waals surface area contributed by atoms with E-state index in [4.69, 9.17) is 14.2 Å². The number of ether oxygens (including phenoxy) is 3. The van der Waals surface area contributed by atoms with Crippen molar-refractivity contribution in [2.75, 3.05) is 13.2 Å². The smallest absolute Gasteiger partial charge is 0.306 e. The maximum absolute atomic E-state index is 12.8. The number of carbonyl (C=O) groups excluding carboxylic acids is 3. The van der Waals surface area contributed by atoms with Crippen molar-refractivity contribution in [2.45, 2.75) is 335 Å². The lowest BCUT2D eigenvalue weighted by atomic mass is 10.0. The van der Waals surface area contributed by atoms with Crippen LogP contribution in [0.5, 0.6) is 0 Å². The monoisotopic (exact) mass is 995 g/mol. The maximum atomic E-state index is 12.8. The van der Waals surface area contributed by atoms with Gasteiger partial charge in [0.05, 0.1) is 0 Å². The Bertz CT molecular complexity index is 1230. The van der Waals surface area contributed by atoms with Gasteiger partial charge in [0.2, 0.25) is 0 Å². The second kappa shape index (κ2) is 59.9. The minimum absolute atomic E-state index is 0.0712. The molecule has 0 saturated carbocycles. The summed E-state index contributed by atoms with van der Waals surface area (Å²) in [7, 11) is 0. The van der Waals surface area contributed by atoms with Crippen molar-refractivity contribution >= 4 is 17.9 Å². The van der Waals surface area contributed by atoms with Crippen LogP contribution in [0, 0.1) is 0 Å². The quantitative estimate of drug-likeness (QED) is 0.0261. The van der Waals surface area contributed by atoms with E-state index in [1.165, 1.54) is 199 Å². The van der Waals surface area contributed by atoms with Crippen LogP contribution >= 0.6 is 0 Å². The van der Waals surface area contributed by atoms with Crippen molar-refractivity contribution in [3.8, 4) is 0 Å². The number of allylic oxidation sites excluding steroid dienone is 8. The zero-order valence-electron chi connectivity index (χ0n) is 47.5. The van der Waals surface area contributed by atoms with Crippen LogP contribution in [0.3, 0.4) is 0 Å². The number of unbranched alkanes of at least 4 members (excludes halogenated alkanes) is 38. The molecule has 0 amide bonds. The molecule has 0 aromatic heterocycles. The Balaban J connectivity index is 4.01. The molecule has 0 aromatic carbocycles. The molecule has 0 saturated heterocycles. The first kappa shape index (κ1) is 68.4. The summed E-state index contributed by atoms with van der Waals surface area (Å²) in [5.74, 6) is -0.873. The number of carbonyl (C=O) groups is 3. The fourth-order valence-electron chi connectivity index (χ4n) is 9.20. The van der Waals surface area contributed by atoms with Crippen molar-refractivity contribution in [3.05, 3.63) is 48.6 Å². The molecule has 0 fully saturated rings. The molecular formula is C65H118O6. The predicted octanol–water partition coefficient (Wildman–Crippen LogP) is 21.0. The third kappa shape index (κ3) is 58.1. The van der Waals surface area contributed by atoms with Crippen LogP contribution in [-0.4, -0.2) is 37.2 Å². The second-order valence-corrected chi connectivity index (χ2v) is 21.0. The molecule has 71 heavy (non-hydrogen) atoms. The largest absolute Gasteiger partial charge is 0.462 e. The maximum Gasteiger partial charge on any atom is 0.306 e. The summed E-state index contributed by atoms with van der Waals surface area (Å²) in [4.78, 5) is 37.9. The van der Waals surface area contributed by atoms with Crippen LogP contribution in [0.25, 0.3) is 0 Å². The number of hydrogen-bond donors (Lipinski definition) is 0. The summed E-state index contributed by atoms with van der Waals surface area (Å²) < 4.78 is 16.8. The van der Waals surface area contributed by atoms with Crippen LogP contribution in [0.4, 0.5) is 0 Å². The van der Waals surface area contributed by atoms with Crippen molar-refractivity contribution in [1.29, 1.82) is 0 Å². The first-order valence-corrected chi connectivity index (χ1v) is 31.1. The van der Waals surface area contributed by atoms with Gasteiger partial charge in [-0.25, -0.2) is 0 Å². The molecule has 1 unspecified atom stereocenters. The van der Waals surface area contributed by atoms with E-state index < -0.39 is 6.10 Å². The third-order valence-electron chi connectivity index (χ3n) is 13.8. The van der Waals surface area contributed by atoms with Crippen LogP contribution in [0.15, 0.2) is 48.6 Å². The van der Waals surface area contributed by atoms with Gasteiger partial charge in [-0.1, -0.05) is 301 Å². The number of rotatable bonds is 57. The van der Waals surface area contributed by atoms with Gasteiger partial charge in [0, 0.05) is 19.3 Å². The van der Waals surface area contributed by atoms with Gasteiger partial charge >= 0.3 is 17.9 Å². The van der Waals surface area contributed by atoms with Gasteiger partial charge in [0.1, 0.15) is 13.2 Å². The summed E-state index contributed by atoms with van der Waals surface area (Å²) in [6.07, 6.45) is 74.6. The fourth-order valence-corrected chi connectivity index (χ4v) is 9.20. The first-order chi connectivity index (χ1) is 35.0. The molecule has 0 bridgehead atoms. The molecule has 0 heterocycles. The van der Waals surface area contributed by atoms with Gasteiger partial charge in [-0.2, -0.15) is 0 Å². The summed E-state index contributed by atoms with van der Waals surface area (Å²) in [5.41, 5.74) is 0. The van der Waals surface area contributed by atoms with Gasteiger partial charge in [-0.15, -0.1) is 0 Å². The molecule has 0 aliphatic rings. The van der Waals surface area contributed by atoms with Gasteiger partial charge in [0.25, 0.3) is 0 Å². The molecule has 0 spiro atoms. The van der Waals surface area contributed by atoms with Gasteiger partial charge in [0.15, 0.2) is 6.10 Å². The number of hydrogen-bond acceptors (Lipinski definition) is 6. The van der Waals surface area contributed by atoms with Crippen LogP contribution in [-0.2, 0) is 28.6 Å². The van der Waals surface area contributed by atoms with Crippen molar-refractivity contribution in [1.82, 2.24) is 0 Å². The van der Waals surface area contributed by atoms with Crippen molar-refractivity contribution in [2.24, 2.45) is 0 Å². The molecule has 0 aliphatic heterocycles. The molecule has 6 heteroatoms. The number of esters is 3. The topological polar surface area (TPSA) is 78.9 Å². The molecular weight excluding hydrogens is 877 g/mol. The van der Waals surface area contributed by atoms with Crippen LogP contribution < -0.4 is 0 Å². The standard InChI is InChI=1S/C65H118O6/c1-4-7-10-13-15-17-19-21-23-25-27-29-31-32-34-35-37-39-41-43-45-47-49-52-55-58-64(67)70-61-62(60-69-63(66)57-54-51-12-9-6-3)71-65(68)59-56-53-50-48-46-44-42-40-38-36-33-30-28-26-24-22-20-18-16-14-11-8-5-2/h8,11,16,18,22,24,28,30,62H,4-7,9-10,12-15,17,19-21,23,25-27,29,31-61H2,1-3H3/b11-8-,18-16-,24-22-,30-28-. The first-order valence-electron chi connectivity index (χ1n) is 31.1. The van der Waals surface area contributed by atoms with Crippen molar-refractivity contribution in [3.63, 3.8) is 0 Å². The van der Waals surface area contributed by atoms with E-state index in [-0.39, 0.29) is 31.1 Å². The summed E-state index contributed by atoms with van der Waals surface area (Å²) >= 11 is 0. The molecule has 414 valence electrons. The average Bonchev–Trinajstić information content (AvgIpc) is 3.37. The van der Waals surface area contributed by atoms with E-state index >= 15 is 0 Å². The van der Waals surface area contributed by atoms with E-state index in [0.717, 1.165) is 89.9 Å². The Labute approximate surface area is 441 Å². The van der Waals surface area contributed by atoms with Crippen LogP contribution in [0.2, 0.25) is 0 Å². The zero-order chi connectivity index (χ0) is 51.4. The molecule has 0 rings (SSSR count). The third-order valence-corrected chi connectivity index (χ3v) is 13.8. The lowest BCUT2D eigenvalue weighted by Gasteiger charge is -2.18. The molecule has 0 N–H and O–H groups in total. The molecule has 0 radical (unpaired) electrons. The zero-order valence-corrected chi connectivity index (χ0v) is 47.5. The SMILES string of the molecule is CC/C=C\C/C=C\C/C=C\C/C=C\CCCCCCCCCCCCC(=O)OC(COC(=O)CCCCCCC)COC(=O)CCCCCCCCCCCCCCCCCCCCCCCCCCC. The Morgan fingerprint density at radius 3 is 0.859 bits per heavy atom. The Morgan fingerprint density at radius 2 is 0.549 bits per heavy atom. The highest BCUT2D eigenvalue weighted by atomic mass is 16.6.